The Kier molecular flexibility index (Phi) is 3.97. The van der Waals surface area contributed by atoms with Crippen LogP contribution in [0.3, 0.4) is 0 Å². The molecule has 2 aliphatic heterocycles. The molecule has 2 unspecified atom stereocenters. The number of benzene rings is 2. The van der Waals surface area contributed by atoms with Crippen LogP contribution in [0, 0.1) is 6.92 Å². The Labute approximate surface area is 180 Å². The number of hydrogen-bond donors (Lipinski definition) is 1. The maximum absolute atomic E-state index is 13.3. The second kappa shape index (κ2) is 6.88. The molecule has 2 aromatic heterocycles. The Hall–Kier alpha value is -4.27. The van der Waals surface area contributed by atoms with Gasteiger partial charge < -0.3 is 28.5 Å². The number of para-hydroxylation sites is 1. The van der Waals surface area contributed by atoms with E-state index in [1.54, 1.807) is 49.4 Å². The summed E-state index contributed by atoms with van der Waals surface area (Å²) < 4.78 is 27.6. The maximum atomic E-state index is 13.3. The number of anilines is 1. The fourth-order valence-corrected chi connectivity index (χ4v) is 4.15. The Morgan fingerprint density at radius 2 is 1.94 bits per heavy atom. The highest BCUT2D eigenvalue weighted by Gasteiger charge is 2.44. The number of carbonyl (C=O) groups is 1. The molecule has 4 heterocycles. The van der Waals surface area contributed by atoms with Crippen molar-refractivity contribution >= 4 is 22.7 Å². The monoisotopic (exact) mass is 432 g/mol. The molecule has 2 aromatic carbocycles. The summed E-state index contributed by atoms with van der Waals surface area (Å²) in [7, 11) is 0. The number of aryl methyl sites for hydroxylation is 1. The lowest BCUT2D eigenvalue weighted by Crippen LogP contribution is -2.35. The van der Waals surface area contributed by atoms with Gasteiger partial charge in [0.15, 0.2) is 23.4 Å². The molecule has 0 aliphatic carbocycles. The van der Waals surface area contributed by atoms with Gasteiger partial charge in [-0.05, 0) is 36.8 Å². The number of hydrogen-bond acceptors (Lipinski definition) is 8. The third kappa shape index (κ3) is 2.82. The van der Waals surface area contributed by atoms with E-state index in [0.29, 0.717) is 39.5 Å². The van der Waals surface area contributed by atoms with Gasteiger partial charge >= 0.3 is 5.63 Å². The third-order valence-electron chi connectivity index (χ3n) is 5.55. The molecule has 0 radical (unpaired) electrons. The fourth-order valence-electron chi connectivity index (χ4n) is 4.15. The number of aromatic nitrogens is 1. The predicted molar refractivity (Wildman–Crippen MR) is 111 cm³/mol. The molecule has 160 valence electrons. The van der Waals surface area contributed by atoms with Crippen molar-refractivity contribution in [2.24, 2.45) is 0 Å². The Morgan fingerprint density at radius 3 is 2.78 bits per heavy atom. The zero-order valence-corrected chi connectivity index (χ0v) is 16.8. The molecule has 9 nitrogen and oxygen atoms in total. The van der Waals surface area contributed by atoms with Crippen molar-refractivity contribution in [3.05, 3.63) is 75.8 Å². The number of nitrogens with zero attached hydrogens (tertiary/aromatic N) is 1. The van der Waals surface area contributed by atoms with E-state index < -0.39 is 23.6 Å². The van der Waals surface area contributed by atoms with Gasteiger partial charge in [0, 0.05) is 6.07 Å². The molecule has 32 heavy (non-hydrogen) atoms. The van der Waals surface area contributed by atoms with Gasteiger partial charge in [-0.15, -0.1) is 0 Å². The van der Waals surface area contributed by atoms with Crippen LogP contribution in [0.15, 0.2) is 62.3 Å². The first kappa shape index (κ1) is 18.5. The van der Waals surface area contributed by atoms with Crippen molar-refractivity contribution in [1.29, 1.82) is 0 Å². The molecular formula is C23H16N2O7. The van der Waals surface area contributed by atoms with Crippen LogP contribution in [0.4, 0.5) is 5.82 Å². The molecule has 0 fully saturated rings. The van der Waals surface area contributed by atoms with E-state index in [1.165, 1.54) is 0 Å². The van der Waals surface area contributed by atoms with E-state index in [0.717, 1.165) is 0 Å². The number of amides is 1. The predicted octanol–water partition coefficient (Wildman–Crippen LogP) is 3.35. The minimum atomic E-state index is -1.05. The van der Waals surface area contributed by atoms with Gasteiger partial charge in [0.25, 0.3) is 5.91 Å². The van der Waals surface area contributed by atoms with Crippen LogP contribution in [0.2, 0.25) is 0 Å². The zero-order valence-electron chi connectivity index (χ0n) is 16.8. The minimum absolute atomic E-state index is 0.110. The smallest absolute Gasteiger partial charge is 0.344 e. The van der Waals surface area contributed by atoms with Crippen molar-refractivity contribution in [2.75, 3.05) is 12.1 Å². The van der Waals surface area contributed by atoms with Gasteiger partial charge in [-0.3, -0.25) is 4.79 Å². The zero-order chi connectivity index (χ0) is 21.8. The summed E-state index contributed by atoms with van der Waals surface area (Å²) in [6.07, 6.45) is -1.05. The molecule has 0 saturated heterocycles. The SMILES string of the molecule is Cc1cc(NC(=O)C2Oc3c(c(=O)oc4ccccc34)C2c2ccc3c(c2)OCO3)no1. The Bertz CT molecular complexity index is 1440. The normalized spacial score (nSPS) is 18.4. The average Bonchev–Trinajstić information content (AvgIpc) is 3.51. The summed E-state index contributed by atoms with van der Waals surface area (Å²) in [5, 5.41) is 7.12. The highest BCUT2D eigenvalue weighted by atomic mass is 16.7. The van der Waals surface area contributed by atoms with Crippen LogP contribution >= 0.6 is 0 Å². The highest BCUT2D eigenvalue weighted by molar-refractivity contribution is 5.97. The third-order valence-corrected chi connectivity index (χ3v) is 5.55. The molecule has 6 rings (SSSR count). The second-order valence-corrected chi connectivity index (χ2v) is 7.57. The van der Waals surface area contributed by atoms with E-state index >= 15 is 0 Å². The lowest BCUT2D eigenvalue weighted by molar-refractivity contribution is -0.122. The standard InChI is InChI=1S/C23H16N2O7/c1-11-8-17(25-32-11)24-22(26)21-18(12-6-7-15-16(9-12)29-10-28-15)19-20(31-21)13-4-2-3-5-14(13)30-23(19)27/h2-9,18,21H,10H2,1H3,(H,24,25,26). The minimum Gasteiger partial charge on any atom is -0.478 e. The summed E-state index contributed by atoms with van der Waals surface area (Å²) in [6.45, 7) is 1.83. The van der Waals surface area contributed by atoms with E-state index in [-0.39, 0.29) is 18.2 Å². The van der Waals surface area contributed by atoms with Gasteiger partial charge in [-0.25, -0.2) is 4.79 Å². The summed E-state index contributed by atoms with van der Waals surface area (Å²) in [5.41, 5.74) is 0.758. The molecule has 0 saturated carbocycles. The van der Waals surface area contributed by atoms with Crippen LogP contribution in [0.5, 0.6) is 17.2 Å². The molecule has 4 aromatic rings. The van der Waals surface area contributed by atoms with E-state index in [1.807, 2.05) is 6.07 Å². The lowest BCUT2D eigenvalue weighted by atomic mass is 9.88. The van der Waals surface area contributed by atoms with Crippen molar-refractivity contribution in [3.8, 4) is 17.2 Å². The number of fused-ring (bicyclic) bond motifs is 4. The van der Waals surface area contributed by atoms with Gasteiger partial charge in [-0.1, -0.05) is 23.4 Å². The van der Waals surface area contributed by atoms with E-state index in [9.17, 15) is 9.59 Å². The summed E-state index contributed by atoms with van der Waals surface area (Å²) >= 11 is 0. The topological polar surface area (TPSA) is 113 Å². The van der Waals surface area contributed by atoms with Crippen LogP contribution in [-0.2, 0) is 4.79 Å². The molecule has 0 bridgehead atoms. The maximum Gasteiger partial charge on any atom is 0.344 e. The second-order valence-electron chi connectivity index (χ2n) is 7.57. The molecule has 0 spiro atoms. The van der Waals surface area contributed by atoms with Crippen LogP contribution in [-0.4, -0.2) is 24.0 Å². The first-order valence-corrected chi connectivity index (χ1v) is 9.94. The summed E-state index contributed by atoms with van der Waals surface area (Å²) in [5.74, 6) is 1.07. The lowest BCUT2D eigenvalue weighted by Gasteiger charge is -2.18. The quantitative estimate of drug-likeness (QED) is 0.491. The Morgan fingerprint density at radius 1 is 1.09 bits per heavy atom. The van der Waals surface area contributed by atoms with Crippen molar-refractivity contribution < 1.29 is 27.9 Å². The number of ether oxygens (including phenoxy) is 3. The summed E-state index contributed by atoms with van der Waals surface area (Å²) in [6, 6.07) is 13.9. The van der Waals surface area contributed by atoms with Crippen molar-refractivity contribution in [2.45, 2.75) is 18.9 Å². The van der Waals surface area contributed by atoms with Crippen LogP contribution < -0.4 is 25.2 Å². The number of nitrogens with one attached hydrogen (secondary N) is 1. The molecule has 2 aliphatic rings. The highest BCUT2D eigenvalue weighted by Crippen LogP contribution is 2.46. The average molecular weight is 432 g/mol. The van der Waals surface area contributed by atoms with Crippen molar-refractivity contribution in [3.63, 3.8) is 0 Å². The van der Waals surface area contributed by atoms with Crippen LogP contribution in [0.25, 0.3) is 11.0 Å². The van der Waals surface area contributed by atoms with Crippen molar-refractivity contribution in [1.82, 2.24) is 5.16 Å². The van der Waals surface area contributed by atoms with E-state index in [4.69, 9.17) is 23.2 Å². The largest absolute Gasteiger partial charge is 0.478 e. The molecule has 1 N–H and O–H groups in total. The first-order chi connectivity index (χ1) is 15.6. The summed E-state index contributed by atoms with van der Waals surface area (Å²) in [4.78, 5) is 26.3. The van der Waals surface area contributed by atoms with E-state index in [2.05, 4.69) is 10.5 Å². The molecule has 9 heteroatoms. The molecule has 2 atom stereocenters. The molecular weight excluding hydrogens is 416 g/mol. The van der Waals surface area contributed by atoms with Crippen LogP contribution in [0.1, 0.15) is 22.8 Å². The Balaban J connectivity index is 1.50. The van der Waals surface area contributed by atoms with Gasteiger partial charge in [0.1, 0.15) is 17.1 Å². The number of carbonyl (C=O) groups excluding carboxylic acids is 1. The van der Waals surface area contributed by atoms with Gasteiger partial charge in [0.05, 0.1) is 16.9 Å². The first-order valence-electron chi connectivity index (χ1n) is 9.94. The molecule has 1 amide bonds. The van der Waals surface area contributed by atoms with Gasteiger partial charge in [0.2, 0.25) is 6.79 Å². The fraction of sp³-hybridized carbons (Fsp3) is 0.174. The number of rotatable bonds is 3. The van der Waals surface area contributed by atoms with Gasteiger partial charge in [-0.2, -0.15) is 0 Å².